The number of hydrogen-bond donors (Lipinski definition) is 3. The van der Waals surface area contributed by atoms with Crippen LogP contribution in [0.3, 0.4) is 0 Å². The topological polar surface area (TPSA) is 70.6 Å². The fraction of sp³-hybridized carbons (Fsp3) is 0.909. The molecule has 0 aromatic heterocycles. The Morgan fingerprint density at radius 2 is 2.20 bits per heavy atom. The first-order valence-corrected chi connectivity index (χ1v) is 5.69. The van der Waals surface area contributed by atoms with Gasteiger partial charge in [0.25, 0.3) is 0 Å². The van der Waals surface area contributed by atoms with E-state index in [0.717, 1.165) is 18.9 Å². The van der Waals surface area contributed by atoms with Crippen molar-refractivity contribution in [3.05, 3.63) is 0 Å². The lowest BCUT2D eigenvalue weighted by Crippen LogP contribution is -2.37. The summed E-state index contributed by atoms with van der Waals surface area (Å²) in [7, 11) is 0. The summed E-state index contributed by atoms with van der Waals surface area (Å²) >= 11 is 0. The first kappa shape index (κ1) is 12.3. The molecule has 1 fully saturated rings. The summed E-state index contributed by atoms with van der Waals surface area (Å²) in [5.41, 5.74) is 5.38. The van der Waals surface area contributed by atoms with Gasteiger partial charge < -0.3 is 16.3 Å². The Kier molecular flexibility index (Phi) is 3.97. The van der Waals surface area contributed by atoms with Crippen LogP contribution in [0.15, 0.2) is 5.16 Å². The first-order valence-electron chi connectivity index (χ1n) is 5.69. The molecule has 0 bridgehead atoms. The van der Waals surface area contributed by atoms with Gasteiger partial charge in [0.1, 0.15) is 5.84 Å². The van der Waals surface area contributed by atoms with Crippen molar-refractivity contribution in [2.45, 2.75) is 46.1 Å². The molecular weight excluding hydrogens is 190 g/mol. The summed E-state index contributed by atoms with van der Waals surface area (Å²) in [5.74, 6) is 1.18. The predicted octanol–water partition coefficient (Wildman–Crippen LogP) is 1.54. The van der Waals surface area contributed by atoms with Crippen LogP contribution in [-0.2, 0) is 0 Å². The third-order valence-electron chi connectivity index (χ3n) is 3.35. The average molecular weight is 213 g/mol. The molecule has 0 heterocycles. The second-order valence-corrected chi connectivity index (χ2v) is 5.20. The van der Waals surface area contributed by atoms with E-state index >= 15 is 0 Å². The van der Waals surface area contributed by atoms with Gasteiger partial charge in [0, 0.05) is 11.5 Å². The van der Waals surface area contributed by atoms with Crippen LogP contribution in [0.2, 0.25) is 0 Å². The molecule has 1 aliphatic carbocycles. The Hall–Kier alpha value is -0.770. The van der Waals surface area contributed by atoms with Gasteiger partial charge in [-0.15, -0.1) is 0 Å². The Labute approximate surface area is 91.9 Å². The summed E-state index contributed by atoms with van der Waals surface area (Å²) in [6, 6.07) is 0.605. The van der Waals surface area contributed by atoms with E-state index in [2.05, 4.69) is 17.4 Å². The van der Waals surface area contributed by atoms with Crippen LogP contribution < -0.4 is 11.1 Å². The molecule has 0 saturated heterocycles. The molecule has 1 rings (SSSR count). The molecule has 0 amide bonds. The Morgan fingerprint density at radius 1 is 1.60 bits per heavy atom. The van der Waals surface area contributed by atoms with Gasteiger partial charge in [0.2, 0.25) is 0 Å². The minimum Gasteiger partial charge on any atom is -0.409 e. The maximum absolute atomic E-state index is 8.62. The van der Waals surface area contributed by atoms with E-state index in [1.54, 1.807) is 0 Å². The fourth-order valence-corrected chi connectivity index (χ4v) is 1.64. The lowest BCUT2D eigenvalue weighted by molar-refractivity contribution is 0.304. The van der Waals surface area contributed by atoms with E-state index < -0.39 is 0 Å². The van der Waals surface area contributed by atoms with Crippen LogP contribution >= 0.6 is 0 Å². The number of rotatable bonds is 6. The predicted molar refractivity (Wildman–Crippen MR) is 62.0 cm³/mol. The zero-order chi connectivity index (χ0) is 11.5. The van der Waals surface area contributed by atoms with Crippen LogP contribution in [0.5, 0.6) is 0 Å². The zero-order valence-electron chi connectivity index (χ0n) is 9.95. The van der Waals surface area contributed by atoms with E-state index in [1.165, 1.54) is 12.8 Å². The molecule has 1 saturated carbocycles. The minimum absolute atomic E-state index is 0.231. The third kappa shape index (κ3) is 3.70. The normalized spacial score (nSPS) is 20.3. The van der Waals surface area contributed by atoms with Crippen molar-refractivity contribution in [2.75, 3.05) is 6.54 Å². The van der Waals surface area contributed by atoms with Gasteiger partial charge in [-0.1, -0.05) is 19.0 Å². The van der Waals surface area contributed by atoms with Crippen LogP contribution in [0.25, 0.3) is 0 Å². The summed E-state index contributed by atoms with van der Waals surface area (Å²) in [6.07, 6.45) is 3.61. The van der Waals surface area contributed by atoms with Gasteiger partial charge in [0.05, 0.1) is 0 Å². The largest absolute Gasteiger partial charge is 0.409 e. The zero-order valence-corrected chi connectivity index (χ0v) is 9.95. The second kappa shape index (κ2) is 4.84. The number of nitrogens with two attached hydrogens (primary N) is 1. The smallest absolute Gasteiger partial charge is 0.144 e. The van der Waals surface area contributed by atoms with Gasteiger partial charge in [0.15, 0.2) is 0 Å². The van der Waals surface area contributed by atoms with Gasteiger partial charge in [-0.2, -0.15) is 0 Å². The van der Waals surface area contributed by atoms with Crippen molar-refractivity contribution >= 4 is 5.84 Å². The SMILES string of the molecule is CC(NCCC(C)(C)C(N)=NO)C1CC1. The van der Waals surface area contributed by atoms with Crippen molar-refractivity contribution in [2.24, 2.45) is 22.2 Å². The second-order valence-electron chi connectivity index (χ2n) is 5.20. The standard InChI is InChI=1S/C11H23N3O/c1-8(9-4-5-9)13-7-6-11(2,3)10(12)14-15/h8-9,13,15H,4-7H2,1-3H3,(H2,12,14). The molecule has 88 valence electrons. The maximum Gasteiger partial charge on any atom is 0.144 e. The maximum atomic E-state index is 8.62. The van der Waals surface area contributed by atoms with E-state index in [9.17, 15) is 0 Å². The molecule has 0 aromatic rings. The van der Waals surface area contributed by atoms with Gasteiger partial charge in [-0.05, 0) is 38.6 Å². The molecule has 4 heteroatoms. The lowest BCUT2D eigenvalue weighted by Gasteiger charge is -2.24. The summed E-state index contributed by atoms with van der Waals surface area (Å²) in [5, 5.41) is 15.2. The third-order valence-corrected chi connectivity index (χ3v) is 3.35. The minimum atomic E-state index is -0.231. The summed E-state index contributed by atoms with van der Waals surface area (Å²) in [4.78, 5) is 0. The highest BCUT2D eigenvalue weighted by molar-refractivity contribution is 5.85. The van der Waals surface area contributed by atoms with Crippen molar-refractivity contribution in [1.82, 2.24) is 5.32 Å². The number of nitrogens with zero attached hydrogens (tertiary/aromatic N) is 1. The lowest BCUT2D eigenvalue weighted by atomic mass is 9.88. The molecule has 0 aromatic carbocycles. The molecular formula is C11H23N3O. The highest BCUT2D eigenvalue weighted by atomic mass is 16.4. The molecule has 0 spiro atoms. The van der Waals surface area contributed by atoms with Crippen molar-refractivity contribution < 1.29 is 5.21 Å². The molecule has 0 aliphatic heterocycles. The molecule has 1 unspecified atom stereocenters. The van der Waals surface area contributed by atoms with E-state index in [0.29, 0.717) is 11.9 Å². The Bertz CT molecular complexity index is 234. The van der Waals surface area contributed by atoms with E-state index in [4.69, 9.17) is 10.9 Å². The molecule has 0 radical (unpaired) electrons. The average Bonchev–Trinajstić information content (AvgIpc) is 2.99. The van der Waals surface area contributed by atoms with Gasteiger partial charge in [-0.25, -0.2) is 0 Å². The fourth-order valence-electron chi connectivity index (χ4n) is 1.64. The Balaban J connectivity index is 2.23. The highest BCUT2D eigenvalue weighted by Gasteiger charge is 2.28. The number of hydrogen-bond acceptors (Lipinski definition) is 3. The van der Waals surface area contributed by atoms with Crippen molar-refractivity contribution in [3.63, 3.8) is 0 Å². The summed E-state index contributed by atoms with van der Waals surface area (Å²) < 4.78 is 0. The monoisotopic (exact) mass is 213 g/mol. The molecule has 1 aliphatic rings. The van der Waals surface area contributed by atoms with E-state index in [-0.39, 0.29) is 5.41 Å². The number of amidine groups is 1. The van der Waals surface area contributed by atoms with Crippen molar-refractivity contribution in [1.29, 1.82) is 0 Å². The Morgan fingerprint density at radius 3 is 2.67 bits per heavy atom. The summed E-state index contributed by atoms with van der Waals surface area (Å²) in [6.45, 7) is 7.13. The van der Waals surface area contributed by atoms with Crippen LogP contribution in [0.1, 0.15) is 40.0 Å². The first-order chi connectivity index (χ1) is 6.97. The van der Waals surface area contributed by atoms with Gasteiger partial charge in [-0.3, -0.25) is 0 Å². The van der Waals surface area contributed by atoms with Gasteiger partial charge >= 0.3 is 0 Å². The molecule has 1 atom stereocenters. The molecule has 15 heavy (non-hydrogen) atoms. The highest BCUT2D eigenvalue weighted by Crippen LogP contribution is 2.32. The number of oxime groups is 1. The molecule has 4 nitrogen and oxygen atoms in total. The van der Waals surface area contributed by atoms with Crippen LogP contribution in [0.4, 0.5) is 0 Å². The van der Waals surface area contributed by atoms with Crippen molar-refractivity contribution in [3.8, 4) is 0 Å². The van der Waals surface area contributed by atoms with E-state index in [1.807, 2.05) is 13.8 Å². The van der Waals surface area contributed by atoms with Crippen LogP contribution in [-0.4, -0.2) is 23.6 Å². The van der Waals surface area contributed by atoms with Crippen LogP contribution in [0, 0.1) is 11.3 Å². The molecule has 4 N–H and O–H groups in total. The quantitative estimate of drug-likeness (QED) is 0.271. The number of nitrogens with one attached hydrogen (secondary N) is 1.